The van der Waals surface area contributed by atoms with Crippen molar-refractivity contribution in [1.29, 1.82) is 0 Å². The smallest absolute Gasteiger partial charge is 0.0970 e. The average Bonchev–Trinajstić information content (AvgIpc) is 3.59. The zero-order chi connectivity index (χ0) is 33.5. The number of fused-ring (bicyclic) bond motifs is 11. The third-order valence-corrected chi connectivity index (χ3v) is 11.3. The van der Waals surface area contributed by atoms with Gasteiger partial charge in [-0.2, -0.15) is 0 Å². The molecular weight excluding hydrogens is 641 g/mol. The number of thiophene rings is 1. The van der Waals surface area contributed by atoms with Crippen molar-refractivity contribution in [2.75, 3.05) is 0 Å². The van der Waals surface area contributed by atoms with E-state index in [1.807, 2.05) is 35.9 Å². The largest absolute Gasteiger partial charge is 0.254 e. The summed E-state index contributed by atoms with van der Waals surface area (Å²) in [5.41, 5.74) is 10.1. The number of aromatic nitrogens is 4. The van der Waals surface area contributed by atoms with Gasteiger partial charge in [0, 0.05) is 76.0 Å². The van der Waals surface area contributed by atoms with Crippen LogP contribution in [0.25, 0.3) is 108 Å². The highest BCUT2D eigenvalue weighted by Crippen LogP contribution is 2.43. The Morgan fingerprint density at radius 1 is 0.431 bits per heavy atom. The standard InChI is InChI=1S/C46H26N4S/c1-3-14-40-35(12-1)42-36(19-18-34-32-11-2-4-15-41(32)51-46(34)42)43(50-40)30-9-5-8-28(25-30)38-21-17-29-24-27(16-20-39(29)49-38)37-26-31-10-6-22-47-44(31)45-33(37)13-7-23-48-45/h1-26H. The van der Waals surface area contributed by atoms with Crippen LogP contribution in [0, 0.1) is 0 Å². The van der Waals surface area contributed by atoms with Gasteiger partial charge in [-0.3, -0.25) is 9.97 Å². The van der Waals surface area contributed by atoms with Gasteiger partial charge in [0.15, 0.2) is 0 Å². The van der Waals surface area contributed by atoms with Crippen LogP contribution in [-0.2, 0) is 0 Å². The first kappa shape index (κ1) is 28.3. The molecule has 11 aromatic rings. The molecule has 5 heterocycles. The highest BCUT2D eigenvalue weighted by Gasteiger charge is 2.17. The summed E-state index contributed by atoms with van der Waals surface area (Å²) >= 11 is 1.87. The maximum atomic E-state index is 5.27. The van der Waals surface area contributed by atoms with Crippen LogP contribution in [0.15, 0.2) is 158 Å². The normalized spacial score (nSPS) is 11.9. The van der Waals surface area contributed by atoms with E-state index in [9.17, 15) is 0 Å². The molecule has 51 heavy (non-hydrogen) atoms. The van der Waals surface area contributed by atoms with Gasteiger partial charge in [0.25, 0.3) is 0 Å². The molecule has 0 aliphatic heterocycles. The lowest BCUT2D eigenvalue weighted by atomic mass is 9.96. The maximum absolute atomic E-state index is 5.27. The summed E-state index contributed by atoms with van der Waals surface area (Å²) < 4.78 is 2.61. The minimum atomic E-state index is 0.918. The van der Waals surface area contributed by atoms with Gasteiger partial charge in [-0.25, -0.2) is 9.97 Å². The van der Waals surface area contributed by atoms with Gasteiger partial charge in [0.05, 0.1) is 33.5 Å². The van der Waals surface area contributed by atoms with E-state index in [1.54, 1.807) is 0 Å². The second kappa shape index (κ2) is 11.0. The lowest BCUT2D eigenvalue weighted by Crippen LogP contribution is -1.92. The molecular formula is C46H26N4S. The summed E-state index contributed by atoms with van der Waals surface area (Å²) in [6.45, 7) is 0. The first-order chi connectivity index (χ1) is 25.3. The summed E-state index contributed by atoms with van der Waals surface area (Å²) in [4.78, 5) is 19.8. The number of nitrogens with zero attached hydrogens (tertiary/aromatic N) is 4. The van der Waals surface area contributed by atoms with E-state index < -0.39 is 0 Å². The van der Waals surface area contributed by atoms with Gasteiger partial charge in [0.1, 0.15) is 0 Å². The number of hydrogen-bond donors (Lipinski definition) is 0. The quantitative estimate of drug-likeness (QED) is 0.176. The Bertz CT molecular complexity index is 3220. The monoisotopic (exact) mass is 666 g/mol. The lowest BCUT2D eigenvalue weighted by Gasteiger charge is -2.13. The van der Waals surface area contributed by atoms with Crippen molar-refractivity contribution >= 4 is 85.9 Å². The molecule has 0 spiro atoms. The second-order valence-corrected chi connectivity index (χ2v) is 14.1. The van der Waals surface area contributed by atoms with Gasteiger partial charge in [-0.05, 0) is 65.7 Å². The van der Waals surface area contributed by atoms with Crippen molar-refractivity contribution in [2.45, 2.75) is 0 Å². The van der Waals surface area contributed by atoms with Gasteiger partial charge in [0.2, 0.25) is 0 Å². The van der Waals surface area contributed by atoms with Gasteiger partial charge in [-0.1, -0.05) is 91.0 Å². The van der Waals surface area contributed by atoms with E-state index in [-0.39, 0.29) is 0 Å². The van der Waals surface area contributed by atoms with Crippen molar-refractivity contribution in [3.05, 3.63) is 158 Å². The van der Waals surface area contributed by atoms with E-state index in [0.717, 1.165) is 77.3 Å². The number of benzene rings is 6. The summed E-state index contributed by atoms with van der Waals surface area (Å²) in [6.07, 6.45) is 3.67. The van der Waals surface area contributed by atoms with Gasteiger partial charge >= 0.3 is 0 Å². The van der Waals surface area contributed by atoms with Crippen LogP contribution >= 0.6 is 11.3 Å². The maximum Gasteiger partial charge on any atom is 0.0970 e. The molecule has 0 unspecified atom stereocenters. The first-order valence-electron chi connectivity index (χ1n) is 17.0. The number of rotatable bonds is 3. The molecule has 5 aromatic heterocycles. The van der Waals surface area contributed by atoms with Crippen molar-refractivity contribution in [3.63, 3.8) is 0 Å². The predicted octanol–water partition coefficient (Wildman–Crippen LogP) is 12.4. The van der Waals surface area contributed by atoms with Crippen molar-refractivity contribution in [1.82, 2.24) is 19.9 Å². The molecule has 236 valence electrons. The zero-order valence-corrected chi connectivity index (χ0v) is 28.0. The fourth-order valence-corrected chi connectivity index (χ4v) is 9.00. The number of pyridine rings is 4. The van der Waals surface area contributed by atoms with E-state index in [1.165, 1.54) is 30.9 Å². The van der Waals surface area contributed by atoms with Crippen molar-refractivity contribution in [2.24, 2.45) is 0 Å². The molecule has 0 saturated heterocycles. The SMILES string of the molecule is c1cc(-c2ccc3cc(-c4cc5cccnc5c5ncccc45)ccc3n2)cc(-c2nc3ccccc3c3c2ccc2c4ccccc4sc23)c1. The third-order valence-electron chi connectivity index (χ3n) is 10.1. The topological polar surface area (TPSA) is 51.6 Å². The molecule has 0 amide bonds. The van der Waals surface area contributed by atoms with Crippen LogP contribution in [0.5, 0.6) is 0 Å². The van der Waals surface area contributed by atoms with Gasteiger partial charge < -0.3 is 0 Å². The number of hydrogen-bond acceptors (Lipinski definition) is 5. The molecule has 11 rings (SSSR count). The minimum absolute atomic E-state index is 0.918. The molecule has 0 fully saturated rings. The van der Waals surface area contributed by atoms with Crippen LogP contribution in [0.3, 0.4) is 0 Å². The lowest BCUT2D eigenvalue weighted by molar-refractivity contribution is 1.37. The van der Waals surface area contributed by atoms with Crippen LogP contribution in [-0.4, -0.2) is 19.9 Å². The fourth-order valence-electron chi connectivity index (χ4n) is 7.73. The van der Waals surface area contributed by atoms with E-state index in [4.69, 9.17) is 15.0 Å². The fraction of sp³-hybridized carbons (Fsp3) is 0. The van der Waals surface area contributed by atoms with Crippen LogP contribution in [0.1, 0.15) is 0 Å². The van der Waals surface area contributed by atoms with E-state index in [0.29, 0.717) is 0 Å². The summed E-state index contributed by atoms with van der Waals surface area (Å²) in [6, 6.07) is 51.7. The molecule has 6 aromatic carbocycles. The summed E-state index contributed by atoms with van der Waals surface area (Å²) in [7, 11) is 0. The highest BCUT2D eigenvalue weighted by atomic mass is 32.1. The molecule has 5 heteroatoms. The molecule has 0 N–H and O–H groups in total. The van der Waals surface area contributed by atoms with Crippen LogP contribution < -0.4 is 0 Å². The summed E-state index contributed by atoms with van der Waals surface area (Å²) in [5.74, 6) is 0. The van der Waals surface area contributed by atoms with Crippen molar-refractivity contribution < 1.29 is 0 Å². The first-order valence-corrected chi connectivity index (χ1v) is 17.9. The molecule has 0 saturated carbocycles. The van der Waals surface area contributed by atoms with Crippen molar-refractivity contribution in [3.8, 4) is 33.6 Å². The molecule has 0 atom stereocenters. The molecule has 0 bridgehead atoms. The molecule has 0 aliphatic rings. The Labute approximate surface area is 296 Å². The Kier molecular flexibility index (Phi) is 6.09. The Balaban J connectivity index is 1.04. The molecule has 0 radical (unpaired) electrons. The zero-order valence-electron chi connectivity index (χ0n) is 27.2. The molecule has 4 nitrogen and oxygen atoms in total. The third kappa shape index (κ3) is 4.38. The predicted molar refractivity (Wildman–Crippen MR) is 214 cm³/mol. The van der Waals surface area contributed by atoms with E-state index in [2.05, 4.69) is 138 Å². The van der Waals surface area contributed by atoms with Crippen LogP contribution in [0.4, 0.5) is 0 Å². The molecule has 0 aliphatic carbocycles. The highest BCUT2D eigenvalue weighted by molar-refractivity contribution is 7.26. The van der Waals surface area contributed by atoms with Crippen LogP contribution in [0.2, 0.25) is 0 Å². The summed E-state index contributed by atoms with van der Waals surface area (Å²) in [5, 5.41) is 9.47. The number of para-hydroxylation sites is 1. The Hall–Kier alpha value is -6.56. The second-order valence-electron chi connectivity index (χ2n) is 13.0. The van der Waals surface area contributed by atoms with E-state index >= 15 is 0 Å². The Morgan fingerprint density at radius 3 is 2.20 bits per heavy atom. The minimum Gasteiger partial charge on any atom is -0.254 e. The average molecular weight is 667 g/mol. The Morgan fingerprint density at radius 2 is 1.24 bits per heavy atom. The van der Waals surface area contributed by atoms with Gasteiger partial charge in [-0.15, -0.1) is 11.3 Å².